The van der Waals surface area contributed by atoms with Crippen LogP contribution in [0.4, 0.5) is 4.39 Å². The Morgan fingerprint density at radius 1 is 1.89 bits per heavy atom. The van der Waals surface area contributed by atoms with Gasteiger partial charge in [0.15, 0.2) is 0 Å². The first-order chi connectivity index (χ1) is 4.25. The van der Waals surface area contributed by atoms with Crippen LogP contribution in [0.1, 0.15) is 13.3 Å². The topological polar surface area (TPSA) is 26.3 Å². The van der Waals surface area contributed by atoms with E-state index in [1.807, 2.05) is 0 Å². The lowest BCUT2D eigenvalue weighted by atomic mass is 10.4. The van der Waals surface area contributed by atoms with Gasteiger partial charge >= 0.3 is 5.97 Å². The fourth-order valence-corrected chi connectivity index (χ4v) is 0.657. The van der Waals surface area contributed by atoms with Gasteiger partial charge in [-0.25, -0.2) is 4.39 Å². The van der Waals surface area contributed by atoms with Gasteiger partial charge in [0.1, 0.15) is 6.17 Å². The molecule has 1 aliphatic carbocycles. The molecule has 0 N–H and O–H groups in total. The van der Waals surface area contributed by atoms with Crippen LogP contribution in [0.15, 0.2) is 0 Å². The van der Waals surface area contributed by atoms with Crippen LogP contribution >= 0.6 is 0 Å². The number of hydrogen-bond donors (Lipinski definition) is 0. The van der Waals surface area contributed by atoms with Crippen molar-refractivity contribution < 1.29 is 13.9 Å². The Bertz CT molecular complexity index is 124. The maximum atomic E-state index is 12.0. The van der Waals surface area contributed by atoms with E-state index in [2.05, 4.69) is 4.74 Å². The Labute approximate surface area is 53.0 Å². The predicted octanol–water partition coefficient (Wildman–Crippen LogP) is 0.908. The van der Waals surface area contributed by atoms with E-state index in [4.69, 9.17) is 0 Å². The number of carbonyl (C=O) groups excluding carboxylic acids is 1. The van der Waals surface area contributed by atoms with Gasteiger partial charge in [0.05, 0.1) is 12.5 Å². The van der Waals surface area contributed by atoms with Gasteiger partial charge in [-0.1, -0.05) is 0 Å². The van der Waals surface area contributed by atoms with E-state index in [1.54, 1.807) is 6.92 Å². The van der Waals surface area contributed by atoms with Crippen molar-refractivity contribution in [3.63, 3.8) is 0 Å². The van der Waals surface area contributed by atoms with Crippen molar-refractivity contribution in [3.05, 3.63) is 0 Å². The molecule has 2 atom stereocenters. The quantitative estimate of drug-likeness (QED) is 0.522. The highest BCUT2D eigenvalue weighted by molar-refractivity contribution is 5.76. The van der Waals surface area contributed by atoms with Crippen molar-refractivity contribution in [2.45, 2.75) is 19.5 Å². The summed E-state index contributed by atoms with van der Waals surface area (Å²) in [5.41, 5.74) is 0. The summed E-state index contributed by atoms with van der Waals surface area (Å²) >= 11 is 0. The minimum atomic E-state index is -0.927. The van der Waals surface area contributed by atoms with Gasteiger partial charge < -0.3 is 4.74 Å². The second kappa shape index (κ2) is 2.33. The van der Waals surface area contributed by atoms with E-state index in [1.165, 1.54) is 0 Å². The molecule has 0 aromatic heterocycles. The van der Waals surface area contributed by atoms with Crippen LogP contribution in [0, 0.1) is 5.92 Å². The van der Waals surface area contributed by atoms with Crippen molar-refractivity contribution in [3.8, 4) is 0 Å². The van der Waals surface area contributed by atoms with E-state index < -0.39 is 12.1 Å². The molecule has 0 amide bonds. The van der Waals surface area contributed by atoms with Crippen LogP contribution in [-0.4, -0.2) is 18.7 Å². The lowest BCUT2D eigenvalue weighted by Gasteiger charge is -1.95. The normalized spacial score (nSPS) is 31.8. The molecule has 0 saturated heterocycles. The summed E-state index contributed by atoms with van der Waals surface area (Å²) in [7, 11) is 0. The molecule has 1 rings (SSSR count). The minimum Gasteiger partial charge on any atom is -0.466 e. The fourth-order valence-electron chi connectivity index (χ4n) is 0.657. The zero-order valence-electron chi connectivity index (χ0n) is 5.26. The molecule has 3 heteroatoms. The van der Waals surface area contributed by atoms with E-state index in [0.29, 0.717) is 13.0 Å². The first-order valence-electron chi connectivity index (χ1n) is 3.06. The number of rotatable bonds is 2. The molecule has 2 nitrogen and oxygen atoms in total. The fraction of sp³-hybridized carbons (Fsp3) is 0.833. The van der Waals surface area contributed by atoms with Crippen molar-refractivity contribution >= 4 is 5.97 Å². The molecule has 0 spiro atoms. The summed E-state index contributed by atoms with van der Waals surface area (Å²) < 4.78 is 16.6. The van der Waals surface area contributed by atoms with Gasteiger partial charge in [0.2, 0.25) is 0 Å². The number of ether oxygens (including phenoxy) is 1. The minimum absolute atomic E-state index is 0.349. The Hall–Kier alpha value is -0.600. The highest BCUT2D eigenvalue weighted by Crippen LogP contribution is 2.34. The van der Waals surface area contributed by atoms with Crippen LogP contribution in [0.25, 0.3) is 0 Å². The Kier molecular flexibility index (Phi) is 1.69. The molecule has 0 unspecified atom stereocenters. The van der Waals surface area contributed by atoms with E-state index >= 15 is 0 Å². The van der Waals surface area contributed by atoms with Gasteiger partial charge in [-0.2, -0.15) is 0 Å². The van der Waals surface area contributed by atoms with Crippen molar-refractivity contribution in [1.82, 2.24) is 0 Å². The summed E-state index contributed by atoms with van der Waals surface area (Å²) in [5.74, 6) is -0.824. The SMILES string of the molecule is CCOC(=O)[C@@H]1C[C@@H]1F. The van der Waals surface area contributed by atoms with E-state index in [-0.39, 0.29) is 5.97 Å². The first kappa shape index (κ1) is 6.52. The van der Waals surface area contributed by atoms with Crippen LogP contribution < -0.4 is 0 Å². The maximum absolute atomic E-state index is 12.0. The predicted molar refractivity (Wildman–Crippen MR) is 29.6 cm³/mol. The summed E-state index contributed by atoms with van der Waals surface area (Å²) in [4.78, 5) is 10.6. The number of carbonyl (C=O) groups is 1. The second-order valence-corrected chi connectivity index (χ2v) is 2.11. The average molecular weight is 132 g/mol. The van der Waals surface area contributed by atoms with Crippen LogP contribution in [-0.2, 0) is 9.53 Å². The maximum Gasteiger partial charge on any atom is 0.311 e. The number of esters is 1. The molecule has 0 bridgehead atoms. The number of alkyl halides is 1. The molecule has 1 aliphatic rings. The second-order valence-electron chi connectivity index (χ2n) is 2.11. The Morgan fingerprint density at radius 3 is 2.78 bits per heavy atom. The number of hydrogen-bond acceptors (Lipinski definition) is 2. The molecule has 0 heterocycles. The van der Waals surface area contributed by atoms with Gasteiger partial charge in [-0.05, 0) is 13.3 Å². The van der Waals surface area contributed by atoms with Gasteiger partial charge in [0.25, 0.3) is 0 Å². The van der Waals surface area contributed by atoms with Crippen molar-refractivity contribution in [2.75, 3.05) is 6.61 Å². The van der Waals surface area contributed by atoms with Crippen LogP contribution in [0.3, 0.4) is 0 Å². The van der Waals surface area contributed by atoms with Crippen LogP contribution in [0.2, 0.25) is 0 Å². The summed E-state index contributed by atoms with van der Waals surface area (Å²) in [5, 5.41) is 0. The molecular weight excluding hydrogens is 123 g/mol. The van der Waals surface area contributed by atoms with E-state index in [9.17, 15) is 9.18 Å². The third-order valence-corrected chi connectivity index (χ3v) is 1.30. The largest absolute Gasteiger partial charge is 0.466 e. The molecular formula is C6H9FO2. The Morgan fingerprint density at radius 2 is 2.44 bits per heavy atom. The highest BCUT2D eigenvalue weighted by atomic mass is 19.1. The molecule has 1 fully saturated rings. The standard InChI is InChI=1S/C6H9FO2/c1-2-9-6(8)4-3-5(4)7/h4-5H,2-3H2,1H3/t4-,5+/m1/s1. The zero-order chi connectivity index (χ0) is 6.85. The molecule has 0 aliphatic heterocycles. The molecule has 0 radical (unpaired) electrons. The van der Waals surface area contributed by atoms with Crippen molar-refractivity contribution in [1.29, 1.82) is 0 Å². The molecule has 9 heavy (non-hydrogen) atoms. The first-order valence-corrected chi connectivity index (χ1v) is 3.06. The van der Waals surface area contributed by atoms with Crippen LogP contribution in [0.5, 0.6) is 0 Å². The molecule has 0 aromatic rings. The number of halogens is 1. The monoisotopic (exact) mass is 132 g/mol. The lowest BCUT2D eigenvalue weighted by molar-refractivity contribution is -0.145. The van der Waals surface area contributed by atoms with Gasteiger partial charge in [-0.15, -0.1) is 0 Å². The van der Waals surface area contributed by atoms with Crippen molar-refractivity contribution in [2.24, 2.45) is 5.92 Å². The molecule has 1 saturated carbocycles. The smallest absolute Gasteiger partial charge is 0.311 e. The Balaban J connectivity index is 2.20. The summed E-state index contributed by atoms with van der Waals surface area (Å²) in [6.07, 6.45) is -0.567. The van der Waals surface area contributed by atoms with Gasteiger partial charge in [0, 0.05) is 0 Å². The molecule has 52 valence electrons. The lowest BCUT2D eigenvalue weighted by Crippen LogP contribution is -2.07. The van der Waals surface area contributed by atoms with E-state index in [0.717, 1.165) is 0 Å². The third-order valence-electron chi connectivity index (χ3n) is 1.30. The third kappa shape index (κ3) is 1.40. The highest BCUT2D eigenvalue weighted by Gasteiger charge is 2.44. The zero-order valence-corrected chi connectivity index (χ0v) is 5.26. The summed E-state index contributed by atoms with van der Waals surface area (Å²) in [6, 6.07) is 0. The molecule has 0 aromatic carbocycles. The average Bonchev–Trinajstić information content (AvgIpc) is 2.47. The van der Waals surface area contributed by atoms with Gasteiger partial charge in [-0.3, -0.25) is 4.79 Å². The summed E-state index contributed by atoms with van der Waals surface area (Å²) in [6.45, 7) is 2.07.